The monoisotopic (exact) mass is 331 g/mol. The minimum absolute atomic E-state index is 0.113. The van der Waals surface area contributed by atoms with Gasteiger partial charge in [0.1, 0.15) is 0 Å². The maximum Gasteiger partial charge on any atom is 0.211 e. The number of nitrogens with zero attached hydrogens (tertiary/aromatic N) is 1. The zero-order valence-electron chi connectivity index (χ0n) is 13.5. The summed E-state index contributed by atoms with van der Waals surface area (Å²) in [6.07, 6.45) is 0.479. The first-order valence-electron chi connectivity index (χ1n) is 7.69. The number of ether oxygens (including phenoxy) is 1. The molecule has 0 aliphatic rings. The van der Waals surface area contributed by atoms with E-state index in [9.17, 15) is 20.3 Å². The molecule has 0 fully saturated rings. The van der Waals surface area contributed by atoms with Crippen molar-refractivity contribution in [1.29, 1.82) is 0 Å². The van der Waals surface area contributed by atoms with Crippen LogP contribution in [0.5, 0.6) is 11.5 Å². The molecule has 2 N–H and O–H groups in total. The van der Waals surface area contributed by atoms with Gasteiger partial charge in [0.25, 0.3) is 0 Å². The molecule has 0 amide bonds. The Bertz CT molecular complexity index is 674. The highest BCUT2D eigenvalue weighted by Gasteiger charge is 2.30. The number of aliphatic hydroxyl groups is 1. The first kappa shape index (κ1) is 17.7. The van der Waals surface area contributed by atoms with Gasteiger partial charge in [-0.2, -0.15) is 0 Å². The first-order chi connectivity index (χ1) is 11.6. The molecule has 0 unspecified atom stereocenters. The fourth-order valence-corrected chi connectivity index (χ4v) is 2.92. The summed E-state index contributed by atoms with van der Waals surface area (Å²) in [6, 6.07) is 14.4. The number of methoxy groups -OCH3 is 1. The molecule has 0 aliphatic heterocycles. The summed E-state index contributed by atoms with van der Waals surface area (Å²) >= 11 is 0. The smallest absolute Gasteiger partial charge is 0.211 e. The lowest BCUT2D eigenvalue weighted by atomic mass is 9.82. The van der Waals surface area contributed by atoms with Crippen molar-refractivity contribution in [2.75, 3.05) is 20.3 Å². The molecule has 0 spiro atoms. The predicted octanol–water partition coefficient (Wildman–Crippen LogP) is 2.61. The van der Waals surface area contributed by atoms with Crippen LogP contribution < -0.4 is 4.74 Å². The molecular formula is C18H21NO5. The van der Waals surface area contributed by atoms with Crippen LogP contribution in [-0.4, -0.2) is 35.4 Å². The number of aromatic hydroxyl groups is 1. The third-order valence-corrected chi connectivity index (χ3v) is 4.14. The number of aliphatic hydroxyl groups excluding tert-OH is 1. The largest absolute Gasteiger partial charge is 0.504 e. The lowest BCUT2D eigenvalue weighted by molar-refractivity contribution is -0.485. The van der Waals surface area contributed by atoms with Crippen LogP contribution in [0.25, 0.3) is 0 Å². The third-order valence-electron chi connectivity index (χ3n) is 4.14. The van der Waals surface area contributed by atoms with Crippen LogP contribution in [0.15, 0.2) is 48.5 Å². The molecule has 0 saturated heterocycles. The van der Waals surface area contributed by atoms with Crippen molar-refractivity contribution in [3.63, 3.8) is 0 Å². The van der Waals surface area contributed by atoms with Gasteiger partial charge < -0.3 is 14.9 Å². The van der Waals surface area contributed by atoms with Gasteiger partial charge in [0.05, 0.1) is 13.0 Å². The van der Waals surface area contributed by atoms with E-state index >= 15 is 0 Å². The quantitative estimate of drug-likeness (QED) is 0.573. The summed E-state index contributed by atoms with van der Waals surface area (Å²) in [6.45, 7) is -0.594. The van der Waals surface area contributed by atoms with E-state index < -0.39 is 16.8 Å². The summed E-state index contributed by atoms with van der Waals surface area (Å²) in [7, 11) is 1.43. The van der Waals surface area contributed by atoms with E-state index in [-0.39, 0.29) is 24.7 Å². The molecule has 2 aromatic carbocycles. The van der Waals surface area contributed by atoms with E-state index in [1.807, 2.05) is 30.3 Å². The summed E-state index contributed by atoms with van der Waals surface area (Å²) in [5, 5.41) is 31.3. The van der Waals surface area contributed by atoms with Gasteiger partial charge in [0.15, 0.2) is 11.5 Å². The van der Waals surface area contributed by atoms with Crippen LogP contribution in [0.3, 0.4) is 0 Å². The normalized spacial score (nSPS) is 13.2. The maximum absolute atomic E-state index is 11.1. The second-order valence-corrected chi connectivity index (χ2v) is 5.65. The van der Waals surface area contributed by atoms with Crippen molar-refractivity contribution < 1.29 is 19.9 Å². The van der Waals surface area contributed by atoms with Crippen LogP contribution in [0, 0.1) is 16.0 Å². The SMILES string of the molecule is COc1cccc([C@H](C[N+](=O)[O-])[C@@H](CO)Cc2ccccc2)c1O. The van der Waals surface area contributed by atoms with Crippen LogP contribution in [-0.2, 0) is 6.42 Å². The Balaban J connectivity index is 2.37. The number of nitro groups is 1. The molecule has 128 valence electrons. The number of para-hydroxylation sites is 1. The van der Waals surface area contributed by atoms with Crippen molar-refractivity contribution in [2.24, 2.45) is 5.92 Å². The Kier molecular flexibility index (Phi) is 6.14. The van der Waals surface area contributed by atoms with Crippen molar-refractivity contribution >= 4 is 0 Å². The Morgan fingerprint density at radius 2 is 1.88 bits per heavy atom. The van der Waals surface area contributed by atoms with Gasteiger partial charge >= 0.3 is 0 Å². The Hall–Kier alpha value is -2.60. The number of phenols is 1. The minimum Gasteiger partial charge on any atom is -0.504 e. The molecule has 6 heteroatoms. The number of hydrogen-bond donors (Lipinski definition) is 2. The lowest BCUT2D eigenvalue weighted by Gasteiger charge is -2.24. The topological polar surface area (TPSA) is 92.8 Å². The lowest BCUT2D eigenvalue weighted by Crippen LogP contribution is -2.26. The van der Waals surface area contributed by atoms with Gasteiger partial charge in [0, 0.05) is 17.1 Å². The van der Waals surface area contributed by atoms with E-state index in [1.165, 1.54) is 7.11 Å². The van der Waals surface area contributed by atoms with E-state index in [2.05, 4.69) is 0 Å². The zero-order valence-corrected chi connectivity index (χ0v) is 13.5. The minimum atomic E-state index is -0.625. The number of benzene rings is 2. The third kappa shape index (κ3) is 4.23. The highest BCUT2D eigenvalue weighted by molar-refractivity contribution is 5.47. The average Bonchev–Trinajstić information content (AvgIpc) is 2.59. The summed E-state index contributed by atoms with van der Waals surface area (Å²) in [4.78, 5) is 10.7. The van der Waals surface area contributed by atoms with Gasteiger partial charge in [-0.3, -0.25) is 10.1 Å². The fourth-order valence-electron chi connectivity index (χ4n) is 2.92. The Morgan fingerprint density at radius 1 is 1.17 bits per heavy atom. The van der Waals surface area contributed by atoms with Crippen molar-refractivity contribution in [3.05, 3.63) is 69.8 Å². The molecule has 24 heavy (non-hydrogen) atoms. The Labute approximate surface area is 140 Å². The summed E-state index contributed by atoms with van der Waals surface area (Å²) in [5.74, 6) is -0.869. The van der Waals surface area contributed by atoms with Crippen LogP contribution >= 0.6 is 0 Å². The van der Waals surface area contributed by atoms with Gasteiger partial charge in [-0.05, 0) is 24.0 Å². The molecule has 2 rings (SSSR count). The van der Waals surface area contributed by atoms with E-state index in [1.54, 1.807) is 18.2 Å². The average molecular weight is 331 g/mol. The molecule has 0 saturated carbocycles. The molecular weight excluding hydrogens is 310 g/mol. The van der Waals surface area contributed by atoms with Gasteiger partial charge in [-0.25, -0.2) is 0 Å². The van der Waals surface area contributed by atoms with Crippen LogP contribution in [0.1, 0.15) is 17.0 Å². The second kappa shape index (κ2) is 8.31. The van der Waals surface area contributed by atoms with Gasteiger partial charge in [-0.1, -0.05) is 42.5 Å². The molecule has 0 aromatic heterocycles. The van der Waals surface area contributed by atoms with Crippen LogP contribution in [0.2, 0.25) is 0 Å². The standard InChI is InChI=1S/C18H21NO5/c1-24-17-9-5-8-15(18(17)21)16(11-19(22)23)14(12-20)10-13-6-3-2-4-7-13/h2-9,14,16,20-21H,10-12H2,1H3/t14-,16-/m1/s1. The van der Waals surface area contributed by atoms with Crippen molar-refractivity contribution in [2.45, 2.75) is 12.3 Å². The number of phenolic OH excluding ortho intramolecular Hbond substituents is 1. The number of rotatable bonds is 8. The second-order valence-electron chi connectivity index (χ2n) is 5.65. The number of hydrogen-bond acceptors (Lipinski definition) is 5. The van der Waals surface area contributed by atoms with Crippen LogP contribution in [0.4, 0.5) is 0 Å². The summed E-state index contributed by atoms with van der Waals surface area (Å²) < 4.78 is 5.09. The van der Waals surface area contributed by atoms with Gasteiger partial charge in [-0.15, -0.1) is 0 Å². The maximum atomic E-state index is 11.1. The van der Waals surface area contributed by atoms with E-state index in [4.69, 9.17) is 4.74 Å². The fraction of sp³-hybridized carbons (Fsp3) is 0.333. The molecule has 0 bridgehead atoms. The predicted molar refractivity (Wildman–Crippen MR) is 90.0 cm³/mol. The van der Waals surface area contributed by atoms with Gasteiger partial charge in [0.2, 0.25) is 6.54 Å². The summed E-state index contributed by atoms with van der Waals surface area (Å²) in [5.41, 5.74) is 1.40. The molecule has 0 aliphatic carbocycles. The van der Waals surface area contributed by atoms with E-state index in [0.29, 0.717) is 12.0 Å². The van der Waals surface area contributed by atoms with E-state index in [0.717, 1.165) is 5.56 Å². The Morgan fingerprint density at radius 3 is 2.46 bits per heavy atom. The highest BCUT2D eigenvalue weighted by atomic mass is 16.6. The van der Waals surface area contributed by atoms with Crippen molar-refractivity contribution in [3.8, 4) is 11.5 Å². The molecule has 0 radical (unpaired) electrons. The molecule has 6 nitrogen and oxygen atoms in total. The molecule has 2 atom stereocenters. The zero-order chi connectivity index (χ0) is 17.5. The first-order valence-corrected chi connectivity index (χ1v) is 7.69. The molecule has 0 heterocycles. The molecule has 2 aromatic rings. The highest BCUT2D eigenvalue weighted by Crippen LogP contribution is 2.38. The van der Waals surface area contributed by atoms with Crippen molar-refractivity contribution in [1.82, 2.24) is 0 Å².